The molecule has 7 heteroatoms. The van der Waals surface area contributed by atoms with Gasteiger partial charge in [0.1, 0.15) is 0 Å². The summed E-state index contributed by atoms with van der Waals surface area (Å²) >= 11 is 7.62. The zero-order valence-electron chi connectivity index (χ0n) is 14.4. The van der Waals surface area contributed by atoms with Crippen molar-refractivity contribution in [3.05, 3.63) is 58.6 Å². The summed E-state index contributed by atoms with van der Waals surface area (Å²) in [5.74, 6) is 0. The minimum absolute atomic E-state index is 0.198. The van der Waals surface area contributed by atoms with Crippen molar-refractivity contribution in [1.82, 2.24) is 0 Å². The van der Waals surface area contributed by atoms with Gasteiger partial charge in [-0.15, -0.1) is 9.24 Å². The zero-order valence-corrected chi connectivity index (χ0v) is 17.2. The lowest BCUT2D eigenvalue weighted by Crippen LogP contribution is -2.37. The van der Waals surface area contributed by atoms with Crippen LogP contribution < -0.4 is 5.73 Å². The number of benzene rings is 2. The molecule has 0 radical (unpaired) electrons. The molecule has 0 amide bonds. The second-order valence-corrected chi connectivity index (χ2v) is 8.55. The Morgan fingerprint density at radius 3 is 2.42 bits per heavy atom. The molecule has 2 atom stereocenters. The minimum atomic E-state index is -4.34. The fourth-order valence-corrected chi connectivity index (χ4v) is 3.91. The summed E-state index contributed by atoms with van der Waals surface area (Å²) in [4.78, 5) is 1.34. The van der Waals surface area contributed by atoms with Crippen LogP contribution in [-0.2, 0) is 12.6 Å². The molecule has 0 aromatic heterocycles. The van der Waals surface area contributed by atoms with Crippen LogP contribution in [0.1, 0.15) is 30.9 Å². The van der Waals surface area contributed by atoms with Crippen molar-refractivity contribution in [2.45, 2.75) is 47.7 Å². The molecule has 0 bridgehead atoms. The van der Waals surface area contributed by atoms with Gasteiger partial charge in [-0.25, -0.2) is 0 Å². The van der Waals surface area contributed by atoms with Crippen molar-refractivity contribution >= 4 is 32.6 Å². The molecule has 2 aromatic rings. The van der Waals surface area contributed by atoms with E-state index in [1.165, 1.54) is 17.8 Å². The van der Waals surface area contributed by atoms with Crippen LogP contribution >= 0.6 is 32.6 Å². The molecule has 0 aliphatic carbocycles. The highest BCUT2D eigenvalue weighted by Crippen LogP contribution is 2.35. The van der Waals surface area contributed by atoms with E-state index >= 15 is 0 Å². The molecule has 2 aromatic carbocycles. The standard InChI is InChI=1S/C19H22ClF3NPS/c1-18(24,12-25)9-3-4-13-7-8-16(11-17(13)20)26-15-6-2-5-14(10-15)19(21,22)23/h2,5-8,10-11H,3-4,9,12,24-25H2,1H3/t18-/m1/s1. The molecule has 0 saturated heterocycles. The van der Waals surface area contributed by atoms with E-state index in [0.717, 1.165) is 48.0 Å². The van der Waals surface area contributed by atoms with Crippen molar-refractivity contribution < 1.29 is 13.2 Å². The first-order valence-corrected chi connectivity index (χ1v) is 10.2. The van der Waals surface area contributed by atoms with Crippen LogP contribution in [0.2, 0.25) is 5.02 Å². The molecule has 26 heavy (non-hydrogen) atoms. The van der Waals surface area contributed by atoms with E-state index in [1.54, 1.807) is 12.1 Å². The average molecular weight is 420 g/mol. The van der Waals surface area contributed by atoms with E-state index < -0.39 is 11.7 Å². The highest BCUT2D eigenvalue weighted by Gasteiger charge is 2.30. The first kappa shape index (κ1) is 21.6. The van der Waals surface area contributed by atoms with Crippen LogP contribution in [-0.4, -0.2) is 11.7 Å². The van der Waals surface area contributed by atoms with Crippen LogP contribution in [0.4, 0.5) is 13.2 Å². The monoisotopic (exact) mass is 419 g/mol. The predicted octanol–water partition coefficient (Wildman–Crippen LogP) is 6.43. The maximum absolute atomic E-state index is 12.8. The van der Waals surface area contributed by atoms with Gasteiger partial charge in [0.2, 0.25) is 0 Å². The third-order valence-corrected chi connectivity index (χ3v) is 6.35. The highest BCUT2D eigenvalue weighted by atomic mass is 35.5. The summed E-state index contributed by atoms with van der Waals surface area (Å²) in [6, 6.07) is 10.9. The highest BCUT2D eigenvalue weighted by molar-refractivity contribution is 7.99. The van der Waals surface area contributed by atoms with Gasteiger partial charge in [-0.1, -0.05) is 35.5 Å². The van der Waals surface area contributed by atoms with E-state index in [4.69, 9.17) is 17.3 Å². The molecule has 1 unspecified atom stereocenters. The maximum atomic E-state index is 12.8. The second-order valence-electron chi connectivity index (χ2n) is 6.59. The van der Waals surface area contributed by atoms with Gasteiger partial charge in [0.25, 0.3) is 0 Å². The van der Waals surface area contributed by atoms with Crippen LogP contribution in [0, 0.1) is 0 Å². The number of rotatable bonds is 7. The molecule has 142 valence electrons. The minimum Gasteiger partial charge on any atom is -0.325 e. The molecule has 2 N–H and O–H groups in total. The van der Waals surface area contributed by atoms with Crippen molar-refractivity contribution in [2.24, 2.45) is 5.73 Å². The maximum Gasteiger partial charge on any atom is 0.416 e. The SMILES string of the molecule is C[C@](N)(CP)CCCc1ccc(Sc2cccc(C(F)(F)F)c2)cc1Cl. The largest absolute Gasteiger partial charge is 0.416 e. The Morgan fingerprint density at radius 1 is 1.12 bits per heavy atom. The molecule has 2 rings (SSSR count). The van der Waals surface area contributed by atoms with E-state index in [-0.39, 0.29) is 5.54 Å². The summed E-state index contributed by atoms with van der Waals surface area (Å²) in [6.45, 7) is 2.02. The van der Waals surface area contributed by atoms with Gasteiger partial charge >= 0.3 is 6.18 Å². The molecule has 1 nitrogen and oxygen atoms in total. The lowest BCUT2D eigenvalue weighted by molar-refractivity contribution is -0.137. The van der Waals surface area contributed by atoms with Gasteiger partial charge in [0.15, 0.2) is 0 Å². The van der Waals surface area contributed by atoms with Crippen molar-refractivity contribution in [3.63, 3.8) is 0 Å². The van der Waals surface area contributed by atoms with Crippen molar-refractivity contribution in [1.29, 1.82) is 0 Å². The third kappa shape index (κ3) is 6.45. The summed E-state index contributed by atoms with van der Waals surface area (Å²) in [5, 5.41) is 0.631. The van der Waals surface area contributed by atoms with Gasteiger partial charge in [0.05, 0.1) is 5.56 Å². The number of hydrogen-bond acceptors (Lipinski definition) is 2. The topological polar surface area (TPSA) is 26.0 Å². The number of alkyl halides is 3. The number of nitrogens with two attached hydrogens (primary N) is 1. The van der Waals surface area contributed by atoms with Gasteiger partial charge in [-0.2, -0.15) is 13.2 Å². The molecule has 0 heterocycles. The zero-order chi connectivity index (χ0) is 19.4. The fourth-order valence-electron chi connectivity index (χ4n) is 2.45. The normalized spacial score (nSPS) is 14.3. The van der Waals surface area contributed by atoms with Crippen LogP contribution in [0.15, 0.2) is 52.3 Å². The number of hydrogen-bond donors (Lipinski definition) is 1. The van der Waals surface area contributed by atoms with E-state index in [9.17, 15) is 13.2 Å². The first-order chi connectivity index (χ1) is 12.1. The molecular formula is C19H22ClF3NPS. The number of halogens is 4. The predicted molar refractivity (Wildman–Crippen MR) is 107 cm³/mol. The third-order valence-electron chi connectivity index (χ3n) is 4.08. The van der Waals surface area contributed by atoms with E-state index in [0.29, 0.717) is 9.92 Å². The fraction of sp³-hybridized carbons (Fsp3) is 0.368. The summed E-state index contributed by atoms with van der Waals surface area (Å²) < 4.78 is 38.4. The van der Waals surface area contributed by atoms with Crippen LogP contribution in [0.25, 0.3) is 0 Å². The Morgan fingerprint density at radius 2 is 1.81 bits per heavy atom. The van der Waals surface area contributed by atoms with Crippen molar-refractivity contribution in [3.8, 4) is 0 Å². The Kier molecular flexibility index (Phi) is 7.43. The molecule has 0 aliphatic heterocycles. The first-order valence-electron chi connectivity index (χ1n) is 8.23. The Bertz CT molecular complexity index is 750. The molecule has 0 spiro atoms. The lowest BCUT2D eigenvalue weighted by Gasteiger charge is -2.22. The van der Waals surface area contributed by atoms with Gasteiger partial charge in [-0.3, -0.25) is 0 Å². The van der Waals surface area contributed by atoms with Gasteiger partial charge < -0.3 is 5.73 Å². The second kappa shape index (κ2) is 8.97. The summed E-state index contributed by atoms with van der Waals surface area (Å²) in [6.07, 6.45) is -0.848. The Balaban J connectivity index is 2.03. The smallest absolute Gasteiger partial charge is 0.325 e. The van der Waals surface area contributed by atoms with Gasteiger partial charge in [0, 0.05) is 20.4 Å². The number of aryl methyl sites for hydroxylation is 1. The van der Waals surface area contributed by atoms with Crippen molar-refractivity contribution in [2.75, 3.05) is 6.16 Å². The molecular weight excluding hydrogens is 398 g/mol. The summed E-state index contributed by atoms with van der Waals surface area (Å²) in [5.41, 5.74) is 6.31. The molecule has 0 saturated carbocycles. The van der Waals surface area contributed by atoms with E-state index in [1.807, 2.05) is 19.1 Å². The summed E-state index contributed by atoms with van der Waals surface area (Å²) in [7, 11) is 2.67. The van der Waals surface area contributed by atoms with Crippen LogP contribution in [0.5, 0.6) is 0 Å². The average Bonchev–Trinajstić information content (AvgIpc) is 2.56. The Labute approximate surface area is 164 Å². The Hall–Kier alpha value is -0.740. The van der Waals surface area contributed by atoms with Gasteiger partial charge in [-0.05, 0) is 68.2 Å². The lowest BCUT2D eigenvalue weighted by atomic mass is 9.96. The molecule has 0 aliphatic rings. The van der Waals surface area contributed by atoms with Crippen LogP contribution in [0.3, 0.4) is 0 Å². The molecule has 0 fully saturated rings. The van der Waals surface area contributed by atoms with E-state index in [2.05, 4.69) is 9.24 Å². The quantitative estimate of drug-likeness (QED) is 0.523.